The summed E-state index contributed by atoms with van der Waals surface area (Å²) in [7, 11) is 0. The molecule has 0 fully saturated rings. The highest BCUT2D eigenvalue weighted by Crippen LogP contribution is 2.23. The fraction of sp³-hybridized carbons (Fsp3) is 0.118. The highest BCUT2D eigenvalue weighted by molar-refractivity contribution is 6.31. The summed E-state index contributed by atoms with van der Waals surface area (Å²) in [5.74, 6) is 0.936. The molecule has 0 unspecified atom stereocenters. The van der Waals surface area contributed by atoms with Crippen molar-refractivity contribution in [3.8, 4) is 22.8 Å². The average Bonchev–Trinajstić information content (AvgIpc) is 3.05. The molecule has 0 amide bonds. The lowest BCUT2D eigenvalue weighted by Crippen LogP contribution is -2.12. The van der Waals surface area contributed by atoms with Gasteiger partial charge in [0.05, 0.1) is 22.3 Å². The molecular formula is C17H14ClN7O. The number of rotatable bonds is 4. The molecule has 4 rings (SSSR count). The third kappa shape index (κ3) is 3.02. The van der Waals surface area contributed by atoms with Crippen molar-refractivity contribution in [3.63, 3.8) is 0 Å². The molecule has 3 aromatic heterocycles. The van der Waals surface area contributed by atoms with Crippen LogP contribution in [0.5, 0.6) is 0 Å². The number of hydrogen-bond acceptors (Lipinski definition) is 6. The van der Waals surface area contributed by atoms with Crippen LogP contribution in [-0.4, -0.2) is 36.7 Å². The molecule has 26 heavy (non-hydrogen) atoms. The van der Waals surface area contributed by atoms with Crippen molar-refractivity contribution in [3.05, 3.63) is 51.9 Å². The quantitative estimate of drug-likeness (QED) is 0.511. The van der Waals surface area contributed by atoms with E-state index in [4.69, 9.17) is 11.6 Å². The minimum Gasteiger partial charge on any atom is -0.354 e. The van der Waals surface area contributed by atoms with Gasteiger partial charge in [0.25, 0.3) is 5.56 Å². The Morgan fingerprint density at radius 1 is 1.15 bits per heavy atom. The number of H-pyrrole nitrogens is 2. The summed E-state index contributed by atoms with van der Waals surface area (Å²) < 4.78 is 0. The van der Waals surface area contributed by atoms with Gasteiger partial charge >= 0.3 is 0 Å². The lowest BCUT2D eigenvalue weighted by atomic mass is 10.2. The molecule has 3 N–H and O–H groups in total. The van der Waals surface area contributed by atoms with Gasteiger partial charge in [0.1, 0.15) is 11.5 Å². The monoisotopic (exact) mass is 367 g/mol. The predicted molar refractivity (Wildman–Crippen MR) is 100 cm³/mol. The van der Waals surface area contributed by atoms with E-state index >= 15 is 0 Å². The molecular weight excluding hydrogens is 354 g/mol. The summed E-state index contributed by atoms with van der Waals surface area (Å²) in [6.07, 6.45) is 1.63. The number of halogens is 1. The molecule has 0 atom stereocenters. The number of aromatic nitrogens is 6. The lowest BCUT2D eigenvalue weighted by molar-refractivity contribution is 0.982. The first-order valence-corrected chi connectivity index (χ1v) is 8.34. The second kappa shape index (κ2) is 6.57. The number of aromatic amines is 2. The molecule has 1 aromatic carbocycles. The van der Waals surface area contributed by atoms with Crippen LogP contribution in [0.4, 0.5) is 5.95 Å². The summed E-state index contributed by atoms with van der Waals surface area (Å²) in [4.78, 5) is 28.4. The van der Waals surface area contributed by atoms with E-state index in [1.165, 1.54) is 0 Å². The molecule has 0 aliphatic heterocycles. The molecule has 0 aliphatic rings. The number of benzene rings is 1. The van der Waals surface area contributed by atoms with Gasteiger partial charge in [-0.3, -0.25) is 4.79 Å². The second-order valence-corrected chi connectivity index (χ2v) is 5.98. The third-order valence-corrected chi connectivity index (χ3v) is 3.99. The molecule has 0 saturated carbocycles. The molecule has 9 heteroatoms. The maximum atomic E-state index is 12.3. The number of nitrogens with one attached hydrogen (secondary N) is 3. The van der Waals surface area contributed by atoms with E-state index in [9.17, 15) is 4.79 Å². The predicted octanol–water partition coefficient (Wildman–Crippen LogP) is 2.86. The van der Waals surface area contributed by atoms with Gasteiger partial charge in [-0.2, -0.15) is 5.10 Å². The van der Waals surface area contributed by atoms with Gasteiger partial charge in [0.2, 0.25) is 5.95 Å². The number of imidazole rings is 1. The van der Waals surface area contributed by atoms with Crippen molar-refractivity contribution in [1.29, 1.82) is 0 Å². The van der Waals surface area contributed by atoms with E-state index in [1.807, 2.05) is 13.0 Å². The highest BCUT2D eigenvalue weighted by Gasteiger charge is 2.13. The van der Waals surface area contributed by atoms with Crippen molar-refractivity contribution in [2.75, 3.05) is 11.9 Å². The standard InChI is InChI=1S/C17H14ClN7O/c1-2-19-17-20-6-5-12(23-17)14-8-10(16(26)25-24-14)15-21-11-4-3-9(18)7-13(11)22-15/h3-8H,2H2,1H3,(H,21,22)(H,25,26)(H,19,20,23). The minimum atomic E-state index is -0.347. The molecule has 0 bridgehead atoms. The van der Waals surface area contributed by atoms with Crippen molar-refractivity contribution >= 4 is 28.6 Å². The van der Waals surface area contributed by atoms with Crippen molar-refractivity contribution < 1.29 is 0 Å². The lowest BCUT2D eigenvalue weighted by Gasteiger charge is -2.04. The van der Waals surface area contributed by atoms with Crippen LogP contribution in [0.3, 0.4) is 0 Å². The minimum absolute atomic E-state index is 0.347. The molecule has 0 aliphatic carbocycles. The number of hydrogen-bond donors (Lipinski definition) is 3. The van der Waals surface area contributed by atoms with Crippen LogP contribution in [0.1, 0.15) is 6.92 Å². The summed E-state index contributed by atoms with van der Waals surface area (Å²) in [5.41, 5.74) is 2.60. The van der Waals surface area contributed by atoms with Crippen molar-refractivity contribution in [1.82, 2.24) is 30.1 Å². The van der Waals surface area contributed by atoms with E-state index < -0.39 is 0 Å². The summed E-state index contributed by atoms with van der Waals surface area (Å²) in [5, 5.41) is 10.2. The molecule has 3 heterocycles. The Bertz CT molecular complexity index is 1150. The number of nitrogens with zero attached hydrogens (tertiary/aromatic N) is 4. The van der Waals surface area contributed by atoms with E-state index in [2.05, 4.69) is 35.5 Å². The first-order chi connectivity index (χ1) is 12.6. The Morgan fingerprint density at radius 3 is 2.88 bits per heavy atom. The van der Waals surface area contributed by atoms with E-state index in [0.717, 1.165) is 5.52 Å². The summed E-state index contributed by atoms with van der Waals surface area (Å²) in [6.45, 7) is 2.66. The van der Waals surface area contributed by atoms with Gasteiger partial charge in [-0.25, -0.2) is 20.1 Å². The Balaban J connectivity index is 1.81. The second-order valence-electron chi connectivity index (χ2n) is 5.54. The van der Waals surface area contributed by atoms with Gasteiger partial charge < -0.3 is 10.3 Å². The fourth-order valence-electron chi connectivity index (χ4n) is 2.56. The zero-order valence-corrected chi connectivity index (χ0v) is 14.5. The van der Waals surface area contributed by atoms with Crippen LogP contribution in [0.25, 0.3) is 33.8 Å². The van der Waals surface area contributed by atoms with Gasteiger partial charge in [-0.15, -0.1) is 0 Å². The van der Waals surface area contributed by atoms with Crippen molar-refractivity contribution in [2.45, 2.75) is 6.92 Å². The largest absolute Gasteiger partial charge is 0.354 e. The van der Waals surface area contributed by atoms with Crippen LogP contribution in [0, 0.1) is 0 Å². The summed E-state index contributed by atoms with van der Waals surface area (Å²) in [6, 6.07) is 8.69. The van der Waals surface area contributed by atoms with Gasteiger partial charge in [-0.05, 0) is 37.3 Å². The molecule has 130 valence electrons. The van der Waals surface area contributed by atoms with E-state index in [-0.39, 0.29) is 5.56 Å². The normalized spacial score (nSPS) is 11.0. The van der Waals surface area contributed by atoms with Crippen LogP contribution in [0.2, 0.25) is 5.02 Å². The summed E-state index contributed by atoms with van der Waals surface area (Å²) >= 11 is 6.00. The molecule has 0 radical (unpaired) electrons. The van der Waals surface area contributed by atoms with Gasteiger partial charge in [-0.1, -0.05) is 11.6 Å². The fourth-order valence-corrected chi connectivity index (χ4v) is 2.73. The van der Waals surface area contributed by atoms with Crippen molar-refractivity contribution in [2.24, 2.45) is 0 Å². The zero-order chi connectivity index (χ0) is 18.1. The van der Waals surface area contributed by atoms with Gasteiger partial charge in [0, 0.05) is 17.8 Å². The van der Waals surface area contributed by atoms with Gasteiger partial charge in [0.15, 0.2) is 0 Å². The molecule has 4 aromatic rings. The van der Waals surface area contributed by atoms with Crippen LogP contribution in [-0.2, 0) is 0 Å². The topological polar surface area (TPSA) is 112 Å². The smallest absolute Gasteiger partial charge is 0.275 e. The molecule has 0 spiro atoms. The average molecular weight is 368 g/mol. The Morgan fingerprint density at radius 2 is 2.04 bits per heavy atom. The first kappa shape index (κ1) is 16.2. The van der Waals surface area contributed by atoms with Crippen LogP contribution >= 0.6 is 11.6 Å². The zero-order valence-electron chi connectivity index (χ0n) is 13.7. The maximum Gasteiger partial charge on any atom is 0.275 e. The Kier molecular flexibility index (Phi) is 4.10. The molecule has 8 nitrogen and oxygen atoms in total. The third-order valence-electron chi connectivity index (χ3n) is 3.76. The first-order valence-electron chi connectivity index (χ1n) is 7.96. The Labute approximate surface area is 152 Å². The van der Waals surface area contributed by atoms with Crippen LogP contribution < -0.4 is 10.9 Å². The van der Waals surface area contributed by atoms with E-state index in [1.54, 1.807) is 30.5 Å². The molecule has 0 saturated heterocycles. The Hall–Kier alpha value is -3.26. The number of anilines is 1. The SMILES string of the molecule is CCNc1nccc(-c2cc(-c3nc4cc(Cl)ccc4[nH]3)c(=O)[nH]n2)n1. The number of fused-ring (bicyclic) bond motifs is 1. The highest BCUT2D eigenvalue weighted by atomic mass is 35.5. The van der Waals surface area contributed by atoms with E-state index in [0.29, 0.717) is 45.8 Å². The maximum absolute atomic E-state index is 12.3. The van der Waals surface area contributed by atoms with Crippen LogP contribution in [0.15, 0.2) is 41.3 Å².